The molecular formula is C23H23F6N7OS. The van der Waals surface area contributed by atoms with Crippen LogP contribution in [0.2, 0.25) is 0 Å². The fourth-order valence-corrected chi connectivity index (χ4v) is 4.64. The standard InChI is InChI=1S/C23H23F6N7OS/c1-12(2)20-33-35(6-7-36(20)38-23(27,28)29)16-5-4-14(8-15(16)24)10-30-21(37)18-17(19(25)26)32-22-31-9-13(3)11-34(18)22/h4-5,8-9,11-12,19H,6-7,10H2,1-3H3,(H,30,37). The number of nitrogens with one attached hydrogen (secondary N) is 1. The summed E-state index contributed by atoms with van der Waals surface area (Å²) in [6.45, 7) is 4.87. The zero-order valence-corrected chi connectivity index (χ0v) is 21.2. The molecule has 1 N–H and O–H groups in total. The van der Waals surface area contributed by atoms with Crippen LogP contribution in [-0.4, -0.2) is 49.0 Å². The lowest BCUT2D eigenvalue weighted by atomic mass is 10.1. The van der Waals surface area contributed by atoms with Gasteiger partial charge in [0.05, 0.1) is 30.7 Å². The monoisotopic (exact) mass is 559 g/mol. The minimum absolute atomic E-state index is 0.0183. The number of imidazole rings is 1. The number of benzene rings is 1. The number of rotatable bonds is 7. The van der Waals surface area contributed by atoms with Crippen LogP contribution in [0.1, 0.15) is 47.6 Å². The Kier molecular flexibility index (Phi) is 7.76. The molecule has 1 amide bonds. The van der Waals surface area contributed by atoms with Crippen LogP contribution in [0.4, 0.5) is 32.0 Å². The highest BCUT2D eigenvalue weighted by Crippen LogP contribution is 2.36. The second-order valence-corrected chi connectivity index (χ2v) is 9.88. The van der Waals surface area contributed by atoms with Crippen LogP contribution in [0.25, 0.3) is 5.78 Å². The molecule has 0 saturated carbocycles. The molecule has 8 nitrogen and oxygen atoms in total. The third-order valence-electron chi connectivity index (χ3n) is 5.52. The molecule has 0 atom stereocenters. The summed E-state index contributed by atoms with van der Waals surface area (Å²) in [5.74, 6) is -1.79. The number of anilines is 1. The van der Waals surface area contributed by atoms with E-state index in [1.807, 2.05) is 0 Å². The predicted molar refractivity (Wildman–Crippen MR) is 130 cm³/mol. The van der Waals surface area contributed by atoms with Crippen molar-refractivity contribution in [1.82, 2.24) is 24.0 Å². The van der Waals surface area contributed by atoms with Gasteiger partial charge in [-0.05, 0) is 30.2 Å². The minimum Gasteiger partial charge on any atom is -0.347 e. The van der Waals surface area contributed by atoms with E-state index < -0.39 is 29.4 Å². The average molecular weight is 560 g/mol. The Labute approximate surface area is 217 Å². The first-order valence-electron chi connectivity index (χ1n) is 11.4. The fourth-order valence-electron chi connectivity index (χ4n) is 3.88. The molecule has 4 rings (SSSR count). The highest BCUT2D eigenvalue weighted by Gasteiger charge is 2.37. The largest absolute Gasteiger partial charge is 0.461 e. The van der Waals surface area contributed by atoms with Crippen molar-refractivity contribution in [2.24, 2.45) is 11.0 Å². The lowest BCUT2D eigenvalue weighted by Gasteiger charge is -2.35. The van der Waals surface area contributed by atoms with Crippen molar-refractivity contribution in [1.29, 1.82) is 0 Å². The Morgan fingerprint density at radius 2 is 1.95 bits per heavy atom. The first-order chi connectivity index (χ1) is 17.8. The van der Waals surface area contributed by atoms with Crippen molar-refractivity contribution in [2.45, 2.75) is 39.2 Å². The summed E-state index contributed by atoms with van der Waals surface area (Å²) >= 11 is -0.285. The number of fused-ring (bicyclic) bond motifs is 1. The highest BCUT2D eigenvalue weighted by molar-refractivity contribution is 7.98. The normalized spacial score (nSPS) is 14.6. The third-order valence-corrected chi connectivity index (χ3v) is 6.32. The van der Waals surface area contributed by atoms with Crippen molar-refractivity contribution in [3.8, 4) is 0 Å². The summed E-state index contributed by atoms with van der Waals surface area (Å²) in [4.78, 5) is 20.5. The van der Waals surface area contributed by atoms with E-state index in [4.69, 9.17) is 0 Å². The van der Waals surface area contributed by atoms with Gasteiger partial charge in [0.15, 0.2) is 0 Å². The minimum atomic E-state index is -4.48. The lowest BCUT2D eigenvalue weighted by Crippen LogP contribution is -2.43. The zero-order valence-electron chi connectivity index (χ0n) is 20.4. The maximum atomic E-state index is 15.0. The van der Waals surface area contributed by atoms with E-state index in [0.29, 0.717) is 11.1 Å². The van der Waals surface area contributed by atoms with E-state index in [0.717, 1.165) is 10.4 Å². The van der Waals surface area contributed by atoms with Crippen LogP contribution >= 0.6 is 11.9 Å². The van der Waals surface area contributed by atoms with Gasteiger partial charge >= 0.3 is 5.51 Å². The molecule has 0 radical (unpaired) electrons. The summed E-state index contributed by atoms with van der Waals surface area (Å²) in [5, 5.41) is 8.03. The number of carbonyl (C=O) groups is 1. The molecule has 0 spiro atoms. The Hall–Kier alpha value is -3.49. The second kappa shape index (κ2) is 10.7. The summed E-state index contributed by atoms with van der Waals surface area (Å²) < 4.78 is 83.0. The van der Waals surface area contributed by atoms with E-state index in [9.17, 15) is 26.7 Å². The van der Waals surface area contributed by atoms with Gasteiger partial charge in [-0.15, -0.1) is 0 Å². The number of aryl methyl sites for hydroxylation is 1. The van der Waals surface area contributed by atoms with Gasteiger partial charge in [0.2, 0.25) is 5.78 Å². The van der Waals surface area contributed by atoms with E-state index >= 15 is 4.39 Å². The Balaban J connectivity index is 1.51. The van der Waals surface area contributed by atoms with Gasteiger partial charge in [0, 0.05) is 24.9 Å². The fraction of sp³-hybridized carbons (Fsp3) is 0.391. The first-order valence-corrected chi connectivity index (χ1v) is 12.2. The number of nitrogens with zero attached hydrogens (tertiary/aromatic N) is 6. The summed E-state index contributed by atoms with van der Waals surface area (Å²) in [5.41, 5.74) is -4.55. The van der Waals surface area contributed by atoms with Crippen molar-refractivity contribution >= 4 is 35.2 Å². The number of halogens is 6. The lowest BCUT2D eigenvalue weighted by molar-refractivity contribution is -0.0352. The van der Waals surface area contributed by atoms with Gasteiger partial charge in [0.25, 0.3) is 12.3 Å². The first kappa shape index (κ1) is 27.5. The zero-order chi connectivity index (χ0) is 27.8. The summed E-state index contributed by atoms with van der Waals surface area (Å²) in [6, 6.07) is 4.05. The van der Waals surface area contributed by atoms with Crippen molar-refractivity contribution in [2.75, 3.05) is 18.1 Å². The maximum absolute atomic E-state index is 15.0. The Morgan fingerprint density at radius 1 is 1.21 bits per heavy atom. The summed E-state index contributed by atoms with van der Waals surface area (Å²) in [7, 11) is 0. The molecule has 3 heterocycles. The van der Waals surface area contributed by atoms with E-state index in [-0.39, 0.29) is 60.5 Å². The van der Waals surface area contributed by atoms with E-state index in [2.05, 4.69) is 20.4 Å². The van der Waals surface area contributed by atoms with Gasteiger partial charge in [-0.3, -0.25) is 18.5 Å². The Bertz CT molecular complexity index is 1370. The molecule has 38 heavy (non-hydrogen) atoms. The van der Waals surface area contributed by atoms with Crippen molar-refractivity contribution in [3.63, 3.8) is 0 Å². The van der Waals surface area contributed by atoms with Gasteiger partial charge in [-0.2, -0.15) is 18.3 Å². The molecule has 0 fully saturated rings. The number of amidine groups is 1. The van der Waals surface area contributed by atoms with E-state index in [1.54, 1.807) is 20.8 Å². The smallest absolute Gasteiger partial charge is 0.347 e. The van der Waals surface area contributed by atoms with Crippen LogP contribution in [-0.2, 0) is 6.54 Å². The second-order valence-electron chi connectivity index (χ2n) is 8.79. The number of alkyl halides is 5. The van der Waals surface area contributed by atoms with Crippen LogP contribution in [0.5, 0.6) is 0 Å². The molecule has 0 unspecified atom stereocenters. The molecule has 0 bridgehead atoms. The van der Waals surface area contributed by atoms with Crippen LogP contribution < -0.4 is 10.3 Å². The number of carbonyl (C=O) groups excluding carboxylic acids is 1. The number of hydrogen-bond donors (Lipinski definition) is 1. The number of amides is 1. The number of hydrazone groups is 1. The topological polar surface area (TPSA) is 78.1 Å². The molecule has 1 aromatic carbocycles. The molecule has 2 aromatic heterocycles. The molecule has 204 valence electrons. The average Bonchev–Trinajstić information content (AvgIpc) is 3.21. The quantitative estimate of drug-likeness (QED) is 0.313. The van der Waals surface area contributed by atoms with Gasteiger partial charge in [-0.25, -0.2) is 23.1 Å². The molecule has 0 saturated heterocycles. The molecule has 1 aliphatic heterocycles. The Morgan fingerprint density at radius 3 is 2.58 bits per heavy atom. The van der Waals surface area contributed by atoms with Gasteiger partial charge < -0.3 is 5.32 Å². The molecular weight excluding hydrogens is 536 g/mol. The SMILES string of the molecule is Cc1cnc2nc(C(F)F)c(C(=O)NCc3ccc(N4CCN(SC(F)(F)F)C(C(C)C)=N4)c(F)c3)n2c1. The van der Waals surface area contributed by atoms with E-state index in [1.165, 1.54) is 33.9 Å². The highest BCUT2D eigenvalue weighted by atomic mass is 32.2. The number of aromatic nitrogens is 3. The van der Waals surface area contributed by atoms with Crippen molar-refractivity contribution < 1.29 is 31.1 Å². The third kappa shape index (κ3) is 5.97. The van der Waals surface area contributed by atoms with Gasteiger partial charge in [-0.1, -0.05) is 19.9 Å². The van der Waals surface area contributed by atoms with Crippen LogP contribution in [0.3, 0.4) is 0 Å². The molecule has 3 aromatic rings. The van der Waals surface area contributed by atoms with Crippen LogP contribution in [0.15, 0.2) is 35.7 Å². The van der Waals surface area contributed by atoms with Crippen LogP contribution in [0, 0.1) is 18.7 Å². The number of hydrogen-bond acceptors (Lipinski definition) is 7. The summed E-state index contributed by atoms with van der Waals surface area (Å²) in [6.07, 6.45) is -0.114. The maximum Gasteiger partial charge on any atom is 0.461 e. The van der Waals surface area contributed by atoms with Crippen molar-refractivity contribution in [3.05, 3.63) is 58.9 Å². The van der Waals surface area contributed by atoms with Gasteiger partial charge in [0.1, 0.15) is 23.0 Å². The molecule has 1 aliphatic rings. The predicted octanol–water partition coefficient (Wildman–Crippen LogP) is 5.30. The molecule has 15 heteroatoms. The molecule has 0 aliphatic carbocycles.